The van der Waals surface area contributed by atoms with Crippen LogP contribution in [-0.2, 0) is 20.7 Å². The van der Waals surface area contributed by atoms with Gasteiger partial charge in [-0.05, 0) is 57.8 Å². The molecule has 0 aromatic carbocycles. The molecule has 1 N–H and O–H groups in total. The number of thioether (sulfide) groups is 1. The number of hydrogen-bond donors (Lipinski definition) is 1. The summed E-state index contributed by atoms with van der Waals surface area (Å²) in [6, 6.07) is 0. The highest BCUT2D eigenvalue weighted by Gasteiger charge is 2.27. The summed E-state index contributed by atoms with van der Waals surface area (Å²) in [5.74, 6) is -0.677. The van der Waals surface area contributed by atoms with Gasteiger partial charge in [0.2, 0.25) is 0 Å². The molecule has 0 aliphatic heterocycles. The van der Waals surface area contributed by atoms with Crippen molar-refractivity contribution in [3.05, 3.63) is 17.0 Å². The zero-order chi connectivity index (χ0) is 20.8. The Balaban J connectivity index is 2.49. The molecule has 0 unspecified atom stereocenters. The Labute approximate surface area is 167 Å². The molecular formula is C20H33N3O3S. The van der Waals surface area contributed by atoms with Crippen LogP contribution in [0.15, 0.2) is 5.16 Å². The summed E-state index contributed by atoms with van der Waals surface area (Å²) in [6.07, 6.45) is 3.45. The molecule has 1 heterocycles. The van der Waals surface area contributed by atoms with Crippen LogP contribution in [0.5, 0.6) is 0 Å². The lowest BCUT2D eigenvalue weighted by Crippen LogP contribution is -2.47. The van der Waals surface area contributed by atoms with Gasteiger partial charge in [0.1, 0.15) is 0 Å². The predicted molar refractivity (Wildman–Crippen MR) is 109 cm³/mol. The molecule has 0 atom stereocenters. The number of nitrogens with zero attached hydrogens (tertiary/aromatic N) is 2. The minimum Gasteiger partial charge on any atom is -0.456 e. The number of carbonyl (C=O) groups excluding carboxylic acids is 2. The second-order valence-electron chi connectivity index (χ2n) is 8.69. The van der Waals surface area contributed by atoms with Crippen LogP contribution in [0, 0.1) is 19.3 Å². The Morgan fingerprint density at radius 2 is 1.63 bits per heavy atom. The average Bonchev–Trinajstić information content (AvgIpc) is 2.48. The molecule has 6 nitrogen and oxygen atoms in total. The highest BCUT2D eigenvalue weighted by atomic mass is 32.2. The Kier molecular flexibility index (Phi) is 8.26. The van der Waals surface area contributed by atoms with Crippen LogP contribution in [0.4, 0.5) is 0 Å². The van der Waals surface area contributed by atoms with E-state index in [1.165, 1.54) is 11.8 Å². The van der Waals surface area contributed by atoms with Crippen molar-refractivity contribution in [1.82, 2.24) is 15.3 Å². The molecule has 0 saturated heterocycles. The second-order valence-corrected chi connectivity index (χ2v) is 9.46. The van der Waals surface area contributed by atoms with Gasteiger partial charge in [-0.2, -0.15) is 0 Å². The van der Waals surface area contributed by atoms with E-state index >= 15 is 0 Å². The molecule has 1 rings (SSSR count). The van der Waals surface area contributed by atoms with Gasteiger partial charge in [-0.1, -0.05) is 32.5 Å². The number of ether oxygens (including phenoxy) is 1. The number of nitrogens with one attached hydrogen (secondary N) is 1. The topological polar surface area (TPSA) is 81.2 Å². The average molecular weight is 396 g/mol. The number of esters is 1. The lowest BCUT2D eigenvalue weighted by molar-refractivity contribution is -0.149. The molecule has 1 aromatic rings. The zero-order valence-corrected chi connectivity index (χ0v) is 18.7. The molecule has 7 heteroatoms. The summed E-state index contributed by atoms with van der Waals surface area (Å²) in [6.45, 7) is 13.9. The molecule has 0 saturated carbocycles. The highest BCUT2D eigenvalue weighted by molar-refractivity contribution is 7.98. The zero-order valence-electron chi connectivity index (χ0n) is 17.9. The van der Waals surface area contributed by atoms with E-state index in [1.54, 1.807) is 0 Å². The van der Waals surface area contributed by atoms with Crippen molar-refractivity contribution in [1.29, 1.82) is 0 Å². The third kappa shape index (κ3) is 8.73. The third-order valence-corrected chi connectivity index (χ3v) is 4.52. The van der Waals surface area contributed by atoms with Crippen molar-refractivity contribution in [3.8, 4) is 0 Å². The molecule has 27 heavy (non-hydrogen) atoms. The van der Waals surface area contributed by atoms with Crippen LogP contribution >= 0.6 is 11.8 Å². The molecule has 0 aliphatic carbocycles. The van der Waals surface area contributed by atoms with E-state index < -0.39 is 5.97 Å². The largest absolute Gasteiger partial charge is 0.456 e. The smallest absolute Gasteiger partial charge is 0.306 e. The first-order chi connectivity index (χ1) is 12.3. The molecule has 0 bridgehead atoms. The monoisotopic (exact) mass is 395 g/mol. The minimum absolute atomic E-state index is 0.0943. The van der Waals surface area contributed by atoms with Gasteiger partial charge in [-0.25, -0.2) is 9.97 Å². The standard InChI is InChI=1S/C20H33N3O3S/c1-13-15(14(2)22-18(21-13)27-8)9-10-17(25)26-11-16(24)23-20(6,7)12-19(3,4)5/h9-12H2,1-8H3,(H,23,24). The number of carbonyl (C=O) groups is 2. The number of aromatic nitrogens is 2. The van der Waals surface area contributed by atoms with E-state index in [9.17, 15) is 9.59 Å². The number of rotatable bonds is 8. The molecule has 1 amide bonds. The number of amides is 1. The Bertz CT molecular complexity index is 659. The SMILES string of the molecule is CSc1nc(C)c(CCC(=O)OCC(=O)NC(C)(C)CC(C)(C)C)c(C)n1. The maximum absolute atomic E-state index is 12.1. The van der Waals surface area contributed by atoms with Crippen molar-refractivity contribution < 1.29 is 14.3 Å². The fraction of sp³-hybridized carbons (Fsp3) is 0.700. The maximum atomic E-state index is 12.1. The van der Waals surface area contributed by atoms with Crippen molar-refractivity contribution in [2.45, 2.75) is 78.4 Å². The van der Waals surface area contributed by atoms with Crippen LogP contribution in [-0.4, -0.2) is 40.2 Å². The van der Waals surface area contributed by atoms with Gasteiger partial charge >= 0.3 is 5.97 Å². The quantitative estimate of drug-likeness (QED) is 0.411. The van der Waals surface area contributed by atoms with Crippen LogP contribution < -0.4 is 5.32 Å². The van der Waals surface area contributed by atoms with Crippen molar-refractivity contribution >= 4 is 23.6 Å². The second kappa shape index (κ2) is 9.53. The maximum Gasteiger partial charge on any atom is 0.306 e. The first-order valence-corrected chi connectivity index (χ1v) is 10.4. The number of hydrogen-bond acceptors (Lipinski definition) is 6. The Morgan fingerprint density at radius 3 is 2.11 bits per heavy atom. The van der Waals surface area contributed by atoms with Crippen molar-refractivity contribution in [2.75, 3.05) is 12.9 Å². The minimum atomic E-state index is -0.397. The summed E-state index contributed by atoms with van der Waals surface area (Å²) >= 11 is 1.49. The van der Waals surface area contributed by atoms with E-state index in [-0.39, 0.29) is 29.9 Å². The Morgan fingerprint density at radius 1 is 1.07 bits per heavy atom. The van der Waals surface area contributed by atoms with Gasteiger partial charge in [0.15, 0.2) is 11.8 Å². The van der Waals surface area contributed by atoms with Gasteiger partial charge in [-0.15, -0.1) is 0 Å². The van der Waals surface area contributed by atoms with Crippen LogP contribution in [0.25, 0.3) is 0 Å². The van der Waals surface area contributed by atoms with Gasteiger partial charge < -0.3 is 10.1 Å². The summed E-state index contributed by atoms with van der Waals surface area (Å²) in [5, 5.41) is 3.66. The third-order valence-electron chi connectivity index (χ3n) is 3.98. The normalized spacial score (nSPS) is 12.0. The predicted octanol–water partition coefficient (Wildman–Crippen LogP) is 3.62. The first kappa shape index (κ1) is 23.4. The van der Waals surface area contributed by atoms with E-state index in [0.717, 1.165) is 28.5 Å². The fourth-order valence-corrected chi connectivity index (χ4v) is 3.85. The molecule has 0 spiro atoms. The van der Waals surface area contributed by atoms with Gasteiger partial charge in [-0.3, -0.25) is 9.59 Å². The Hall–Kier alpha value is -1.63. The fourth-order valence-electron chi connectivity index (χ4n) is 3.39. The molecule has 1 aromatic heterocycles. The van der Waals surface area contributed by atoms with E-state index in [0.29, 0.717) is 6.42 Å². The van der Waals surface area contributed by atoms with Crippen LogP contribution in [0.3, 0.4) is 0 Å². The summed E-state index contributed by atoms with van der Waals surface area (Å²) < 4.78 is 5.13. The van der Waals surface area contributed by atoms with Crippen molar-refractivity contribution in [3.63, 3.8) is 0 Å². The summed E-state index contributed by atoms with van der Waals surface area (Å²) in [7, 11) is 0. The summed E-state index contributed by atoms with van der Waals surface area (Å²) in [5.41, 5.74) is 2.45. The number of aryl methyl sites for hydroxylation is 2. The molecule has 0 radical (unpaired) electrons. The van der Waals surface area contributed by atoms with Crippen LogP contribution in [0.2, 0.25) is 0 Å². The van der Waals surface area contributed by atoms with Gasteiger partial charge in [0.25, 0.3) is 5.91 Å². The molecule has 152 valence electrons. The van der Waals surface area contributed by atoms with Gasteiger partial charge in [0.05, 0.1) is 0 Å². The van der Waals surface area contributed by atoms with E-state index in [1.807, 2.05) is 34.0 Å². The molecule has 0 fully saturated rings. The molecular weight excluding hydrogens is 362 g/mol. The van der Waals surface area contributed by atoms with E-state index in [4.69, 9.17) is 4.74 Å². The van der Waals surface area contributed by atoms with Crippen molar-refractivity contribution in [2.24, 2.45) is 5.41 Å². The summed E-state index contributed by atoms with van der Waals surface area (Å²) in [4.78, 5) is 32.9. The first-order valence-electron chi connectivity index (χ1n) is 9.18. The lowest BCUT2D eigenvalue weighted by atomic mass is 9.82. The van der Waals surface area contributed by atoms with Gasteiger partial charge in [0, 0.05) is 23.3 Å². The highest BCUT2D eigenvalue weighted by Crippen LogP contribution is 2.26. The lowest BCUT2D eigenvalue weighted by Gasteiger charge is -2.33. The van der Waals surface area contributed by atoms with Crippen LogP contribution in [0.1, 0.15) is 64.4 Å². The van der Waals surface area contributed by atoms with E-state index in [2.05, 4.69) is 36.1 Å². The molecule has 0 aliphatic rings.